The van der Waals surface area contributed by atoms with E-state index >= 15 is 0 Å². The van der Waals surface area contributed by atoms with Gasteiger partial charge in [0.15, 0.2) is 5.16 Å². The number of carbonyl (C=O) groups is 1. The van der Waals surface area contributed by atoms with E-state index in [1.54, 1.807) is 16.3 Å². The molecule has 1 aromatic heterocycles. The van der Waals surface area contributed by atoms with Crippen LogP contribution in [0.25, 0.3) is 0 Å². The molecule has 2 aliphatic rings. The van der Waals surface area contributed by atoms with Crippen molar-refractivity contribution in [2.24, 2.45) is 0 Å². The van der Waals surface area contributed by atoms with Crippen molar-refractivity contribution in [1.29, 1.82) is 0 Å². The molecule has 0 aromatic carbocycles. The number of aromatic nitrogens is 2. The normalized spacial score (nSPS) is 21.3. The number of thioether (sulfide) groups is 1. The highest BCUT2D eigenvalue weighted by Gasteiger charge is 2.29. The van der Waals surface area contributed by atoms with Gasteiger partial charge in [-0.2, -0.15) is 0 Å². The van der Waals surface area contributed by atoms with Crippen LogP contribution >= 0.6 is 11.8 Å². The molecule has 1 aromatic rings. The molecule has 1 N–H and O–H groups in total. The number of hydrogen-bond acceptors (Lipinski definition) is 4. The monoisotopic (exact) mass is 349 g/mol. The van der Waals surface area contributed by atoms with E-state index in [1.165, 1.54) is 25.7 Å². The third-order valence-corrected chi connectivity index (χ3v) is 6.25. The predicted molar refractivity (Wildman–Crippen MR) is 96.6 cm³/mol. The number of nitrogens with one attached hydrogen (secondary N) is 1. The van der Waals surface area contributed by atoms with E-state index in [2.05, 4.69) is 10.3 Å². The summed E-state index contributed by atoms with van der Waals surface area (Å²) in [7, 11) is 0. The lowest BCUT2D eigenvalue weighted by molar-refractivity contribution is -0.122. The second-order valence-corrected chi connectivity index (χ2v) is 7.90. The second-order valence-electron chi connectivity index (χ2n) is 6.91. The molecular formula is C18H27N3O2S. The van der Waals surface area contributed by atoms with Crippen molar-refractivity contribution >= 4 is 17.7 Å². The summed E-state index contributed by atoms with van der Waals surface area (Å²) in [6, 6.07) is 0.245. The van der Waals surface area contributed by atoms with Gasteiger partial charge in [-0.25, -0.2) is 4.98 Å². The molecule has 5 nitrogen and oxygen atoms in total. The van der Waals surface area contributed by atoms with Gasteiger partial charge in [0, 0.05) is 29.5 Å². The van der Waals surface area contributed by atoms with Crippen LogP contribution in [0.1, 0.15) is 69.2 Å². The summed E-state index contributed by atoms with van der Waals surface area (Å²) in [5.41, 5.74) is 1.64. The first-order chi connectivity index (χ1) is 11.6. The molecule has 6 heteroatoms. The SMILES string of the molecule is CCc1c(C)nc2n(c1=O)C(CC(=O)NC1CCCCCC1)CS2. The van der Waals surface area contributed by atoms with Gasteiger partial charge in [0.05, 0.1) is 6.04 Å². The maximum absolute atomic E-state index is 12.7. The summed E-state index contributed by atoms with van der Waals surface area (Å²) in [5, 5.41) is 3.96. The van der Waals surface area contributed by atoms with Gasteiger partial charge in [-0.15, -0.1) is 0 Å². The maximum atomic E-state index is 12.7. The van der Waals surface area contributed by atoms with Crippen LogP contribution < -0.4 is 10.9 Å². The Bertz CT molecular complexity index is 663. The smallest absolute Gasteiger partial charge is 0.257 e. The number of carbonyl (C=O) groups excluding carboxylic acids is 1. The van der Waals surface area contributed by atoms with Gasteiger partial charge in [-0.1, -0.05) is 44.4 Å². The molecule has 0 saturated heterocycles. The van der Waals surface area contributed by atoms with Crippen molar-refractivity contribution in [3.8, 4) is 0 Å². The molecule has 24 heavy (non-hydrogen) atoms. The highest BCUT2D eigenvalue weighted by Crippen LogP contribution is 2.32. The highest BCUT2D eigenvalue weighted by atomic mass is 32.2. The molecule has 1 atom stereocenters. The van der Waals surface area contributed by atoms with Gasteiger partial charge in [0.25, 0.3) is 5.56 Å². The Hall–Kier alpha value is -1.30. The highest BCUT2D eigenvalue weighted by molar-refractivity contribution is 7.99. The quantitative estimate of drug-likeness (QED) is 0.670. The molecule has 1 unspecified atom stereocenters. The van der Waals surface area contributed by atoms with Crippen LogP contribution in [0.15, 0.2) is 9.95 Å². The topological polar surface area (TPSA) is 64.0 Å². The Morgan fingerprint density at radius 2 is 2.00 bits per heavy atom. The lowest BCUT2D eigenvalue weighted by Gasteiger charge is -2.19. The Kier molecular flexibility index (Phi) is 5.64. The van der Waals surface area contributed by atoms with Crippen molar-refractivity contribution in [3.63, 3.8) is 0 Å². The van der Waals surface area contributed by atoms with Crippen LogP contribution in [-0.2, 0) is 11.2 Å². The van der Waals surface area contributed by atoms with Crippen LogP contribution in [0, 0.1) is 6.92 Å². The van der Waals surface area contributed by atoms with Crippen molar-refractivity contribution in [3.05, 3.63) is 21.6 Å². The molecule has 1 amide bonds. The summed E-state index contributed by atoms with van der Waals surface area (Å²) in [4.78, 5) is 29.7. The molecule has 1 saturated carbocycles. The average molecular weight is 350 g/mol. The fourth-order valence-electron chi connectivity index (χ4n) is 3.80. The van der Waals surface area contributed by atoms with E-state index in [9.17, 15) is 9.59 Å². The minimum absolute atomic E-state index is 0.0391. The van der Waals surface area contributed by atoms with Crippen molar-refractivity contribution < 1.29 is 4.79 Å². The van der Waals surface area contributed by atoms with Gasteiger partial charge in [-0.05, 0) is 26.2 Å². The van der Waals surface area contributed by atoms with E-state index in [4.69, 9.17) is 0 Å². The maximum Gasteiger partial charge on any atom is 0.257 e. The van der Waals surface area contributed by atoms with Crippen LogP contribution in [-0.4, -0.2) is 27.3 Å². The Balaban J connectivity index is 1.70. The average Bonchev–Trinajstić information content (AvgIpc) is 2.76. The summed E-state index contributed by atoms with van der Waals surface area (Å²) in [5.74, 6) is 0.832. The zero-order valence-corrected chi connectivity index (χ0v) is 15.5. The molecule has 0 radical (unpaired) electrons. The summed E-state index contributed by atoms with van der Waals surface area (Å²) >= 11 is 1.59. The lowest BCUT2D eigenvalue weighted by atomic mass is 10.1. The number of fused-ring (bicyclic) bond motifs is 1. The minimum Gasteiger partial charge on any atom is -0.353 e. The number of amides is 1. The number of rotatable bonds is 4. The van der Waals surface area contributed by atoms with E-state index in [-0.39, 0.29) is 17.5 Å². The van der Waals surface area contributed by atoms with Crippen LogP contribution in [0.3, 0.4) is 0 Å². The van der Waals surface area contributed by atoms with E-state index in [1.807, 2.05) is 13.8 Å². The number of aryl methyl sites for hydroxylation is 1. The fraction of sp³-hybridized carbons (Fsp3) is 0.722. The molecule has 1 fully saturated rings. The van der Waals surface area contributed by atoms with Crippen LogP contribution in [0.5, 0.6) is 0 Å². The Morgan fingerprint density at radius 3 is 2.67 bits per heavy atom. The summed E-state index contributed by atoms with van der Waals surface area (Å²) < 4.78 is 1.75. The molecule has 0 spiro atoms. The first kappa shape index (κ1) is 17.5. The van der Waals surface area contributed by atoms with Crippen LogP contribution in [0.2, 0.25) is 0 Å². The Morgan fingerprint density at radius 1 is 1.29 bits per heavy atom. The molecule has 1 aliphatic carbocycles. The van der Waals surface area contributed by atoms with Gasteiger partial charge in [-0.3, -0.25) is 14.2 Å². The third kappa shape index (κ3) is 3.68. The molecule has 2 heterocycles. The molecule has 0 bridgehead atoms. The Labute approximate surface area is 147 Å². The minimum atomic E-state index is -0.0679. The second kappa shape index (κ2) is 7.72. The van der Waals surface area contributed by atoms with E-state index in [0.29, 0.717) is 18.9 Å². The molecular weight excluding hydrogens is 322 g/mol. The first-order valence-corrected chi connectivity index (χ1v) is 10.1. The predicted octanol–water partition coefficient (Wildman–Crippen LogP) is 2.99. The lowest BCUT2D eigenvalue weighted by Crippen LogP contribution is -2.37. The number of nitrogens with zero attached hydrogens (tertiary/aromatic N) is 2. The fourth-order valence-corrected chi connectivity index (χ4v) is 4.98. The molecule has 1 aliphatic heterocycles. The van der Waals surface area contributed by atoms with Gasteiger partial charge in [0.1, 0.15) is 0 Å². The van der Waals surface area contributed by atoms with Gasteiger partial charge < -0.3 is 5.32 Å². The molecule has 132 valence electrons. The van der Waals surface area contributed by atoms with Crippen molar-refractivity contribution in [2.45, 2.75) is 82.5 Å². The zero-order chi connectivity index (χ0) is 17.1. The van der Waals surface area contributed by atoms with E-state index < -0.39 is 0 Å². The molecule has 3 rings (SSSR count). The standard InChI is InChI=1S/C18H27N3O2S/c1-3-15-12(2)19-18-21(17(15)23)14(11-24-18)10-16(22)20-13-8-6-4-5-7-9-13/h13-14H,3-11H2,1-2H3,(H,20,22). The van der Waals surface area contributed by atoms with Crippen LogP contribution in [0.4, 0.5) is 0 Å². The summed E-state index contributed by atoms with van der Waals surface area (Å²) in [6.45, 7) is 3.88. The zero-order valence-electron chi connectivity index (χ0n) is 14.6. The van der Waals surface area contributed by atoms with Crippen molar-refractivity contribution in [2.75, 3.05) is 5.75 Å². The van der Waals surface area contributed by atoms with E-state index in [0.717, 1.165) is 35.0 Å². The van der Waals surface area contributed by atoms with Crippen molar-refractivity contribution in [1.82, 2.24) is 14.9 Å². The third-order valence-electron chi connectivity index (χ3n) is 5.15. The van der Waals surface area contributed by atoms with Gasteiger partial charge in [0.2, 0.25) is 5.91 Å². The first-order valence-electron chi connectivity index (χ1n) is 9.14. The number of hydrogen-bond donors (Lipinski definition) is 1. The van der Waals surface area contributed by atoms with Gasteiger partial charge >= 0.3 is 0 Å². The summed E-state index contributed by atoms with van der Waals surface area (Å²) in [6.07, 6.45) is 8.20. The largest absolute Gasteiger partial charge is 0.353 e.